The van der Waals surface area contributed by atoms with E-state index in [2.05, 4.69) is 16.6 Å². The van der Waals surface area contributed by atoms with Gasteiger partial charge in [0.1, 0.15) is 10.8 Å². The predicted molar refractivity (Wildman–Crippen MR) is 83.8 cm³/mol. The van der Waals surface area contributed by atoms with E-state index in [1.807, 2.05) is 0 Å². The summed E-state index contributed by atoms with van der Waals surface area (Å²) < 4.78 is 27.3. The molecule has 2 aromatic rings. The molecule has 4 nitrogen and oxygen atoms in total. The lowest BCUT2D eigenvalue weighted by Crippen LogP contribution is -2.22. The Bertz CT molecular complexity index is 788. The molecule has 0 aliphatic rings. The maximum Gasteiger partial charge on any atom is 0.250 e. The maximum absolute atomic E-state index is 12.1. The maximum atomic E-state index is 12.1. The zero-order chi connectivity index (χ0) is 15.3. The van der Waals surface area contributed by atoms with Crippen LogP contribution in [0.4, 0.5) is 0 Å². The molecule has 0 aliphatic heterocycles. The molecule has 110 valence electrons. The summed E-state index contributed by atoms with van der Waals surface area (Å²) in [5, 5.41) is 8.73. The number of benzene rings is 1. The standard InChI is InChI=1S/C14H12ClNO3S2/c15-13-7-8-14(20-13)21(18,19)16-10-12-5-2-1-4-11(12)6-3-9-17/h1-2,4-5,7-8,16-17H,9-10H2. The van der Waals surface area contributed by atoms with Gasteiger partial charge in [0.2, 0.25) is 10.0 Å². The first kappa shape index (κ1) is 16.0. The van der Waals surface area contributed by atoms with Crippen LogP contribution in [0, 0.1) is 11.8 Å². The van der Waals surface area contributed by atoms with Crippen LogP contribution in [-0.2, 0) is 16.6 Å². The molecule has 1 aromatic heterocycles. The number of aliphatic hydroxyl groups excluding tert-OH is 1. The number of rotatable bonds is 4. The van der Waals surface area contributed by atoms with Crippen LogP contribution < -0.4 is 4.72 Å². The lowest BCUT2D eigenvalue weighted by Gasteiger charge is -2.06. The second-order valence-corrected chi connectivity index (χ2v) is 7.71. The molecule has 0 atom stereocenters. The smallest absolute Gasteiger partial charge is 0.250 e. The van der Waals surface area contributed by atoms with E-state index in [1.165, 1.54) is 6.07 Å². The Morgan fingerprint density at radius 2 is 2.00 bits per heavy atom. The highest BCUT2D eigenvalue weighted by molar-refractivity contribution is 7.91. The Hall–Kier alpha value is -1.36. The molecule has 0 amide bonds. The lowest BCUT2D eigenvalue weighted by molar-refractivity contribution is 0.350. The Kier molecular flexibility index (Phi) is 5.39. The van der Waals surface area contributed by atoms with Gasteiger partial charge >= 0.3 is 0 Å². The summed E-state index contributed by atoms with van der Waals surface area (Å²) in [6, 6.07) is 10.2. The highest BCUT2D eigenvalue weighted by atomic mass is 35.5. The second-order valence-electron chi connectivity index (χ2n) is 4.00. The average molecular weight is 342 g/mol. The summed E-state index contributed by atoms with van der Waals surface area (Å²) in [5.41, 5.74) is 1.42. The third-order valence-corrected chi connectivity index (χ3v) is 5.71. The van der Waals surface area contributed by atoms with E-state index in [-0.39, 0.29) is 17.4 Å². The van der Waals surface area contributed by atoms with Crippen molar-refractivity contribution in [2.75, 3.05) is 6.61 Å². The summed E-state index contributed by atoms with van der Waals surface area (Å²) in [6.07, 6.45) is 0. The van der Waals surface area contributed by atoms with Gasteiger partial charge < -0.3 is 5.11 Å². The van der Waals surface area contributed by atoms with E-state index in [9.17, 15) is 8.42 Å². The second kappa shape index (κ2) is 7.07. The van der Waals surface area contributed by atoms with Crippen molar-refractivity contribution < 1.29 is 13.5 Å². The number of halogens is 1. The Morgan fingerprint density at radius 1 is 1.24 bits per heavy atom. The molecule has 0 aliphatic carbocycles. The number of nitrogens with one attached hydrogen (secondary N) is 1. The Morgan fingerprint density at radius 3 is 2.67 bits per heavy atom. The van der Waals surface area contributed by atoms with Crippen molar-refractivity contribution in [2.45, 2.75) is 10.8 Å². The van der Waals surface area contributed by atoms with E-state index in [4.69, 9.17) is 16.7 Å². The van der Waals surface area contributed by atoms with Gasteiger partial charge in [-0.2, -0.15) is 0 Å². The van der Waals surface area contributed by atoms with Gasteiger partial charge in [0.15, 0.2) is 0 Å². The fraction of sp³-hybridized carbons (Fsp3) is 0.143. The number of hydrogen-bond donors (Lipinski definition) is 2. The summed E-state index contributed by atoms with van der Waals surface area (Å²) in [6.45, 7) is -0.123. The van der Waals surface area contributed by atoms with E-state index >= 15 is 0 Å². The van der Waals surface area contributed by atoms with Crippen LogP contribution in [0.15, 0.2) is 40.6 Å². The topological polar surface area (TPSA) is 66.4 Å². The first-order valence-corrected chi connectivity index (χ1v) is 8.63. The van der Waals surface area contributed by atoms with Crippen molar-refractivity contribution in [1.29, 1.82) is 0 Å². The molecule has 21 heavy (non-hydrogen) atoms. The normalized spacial score (nSPS) is 11.0. The summed E-state index contributed by atoms with van der Waals surface area (Å²) in [4.78, 5) is 0. The molecule has 1 heterocycles. The van der Waals surface area contributed by atoms with Crippen LogP contribution in [-0.4, -0.2) is 20.1 Å². The van der Waals surface area contributed by atoms with Crippen molar-refractivity contribution in [2.24, 2.45) is 0 Å². The van der Waals surface area contributed by atoms with E-state index in [1.54, 1.807) is 30.3 Å². The fourth-order valence-corrected chi connectivity index (χ4v) is 4.15. The number of aliphatic hydroxyl groups is 1. The number of sulfonamides is 1. The average Bonchev–Trinajstić information content (AvgIpc) is 2.91. The molecule has 7 heteroatoms. The molecule has 2 N–H and O–H groups in total. The van der Waals surface area contributed by atoms with Gasteiger partial charge in [-0.3, -0.25) is 0 Å². The Balaban J connectivity index is 2.17. The first-order valence-electron chi connectivity index (χ1n) is 5.95. The van der Waals surface area contributed by atoms with Crippen LogP contribution in [0.5, 0.6) is 0 Å². The Labute approximate surface area is 132 Å². The molecule has 0 saturated heterocycles. The van der Waals surface area contributed by atoms with Gasteiger partial charge in [0.25, 0.3) is 0 Å². The molecule has 0 saturated carbocycles. The quantitative estimate of drug-likeness (QED) is 0.838. The van der Waals surface area contributed by atoms with E-state index < -0.39 is 10.0 Å². The highest BCUT2D eigenvalue weighted by Crippen LogP contribution is 2.25. The molecule has 1 aromatic carbocycles. The van der Waals surface area contributed by atoms with Crippen LogP contribution in [0.25, 0.3) is 0 Å². The van der Waals surface area contributed by atoms with E-state index in [0.29, 0.717) is 9.90 Å². The fourth-order valence-electron chi connectivity index (χ4n) is 1.62. The molecular weight excluding hydrogens is 330 g/mol. The van der Waals surface area contributed by atoms with Crippen molar-refractivity contribution >= 4 is 33.0 Å². The van der Waals surface area contributed by atoms with Crippen LogP contribution in [0.3, 0.4) is 0 Å². The molecular formula is C14H12ClNO3S2. The van der Waals surface area contributed by atoms with Gasteiger partial charge in [0.05, 0.1) is 4.34 Å². The van der Waals surface area contributed by atoms with Crippen molar-refractivity contribution in [3.8, 4) is 11.8 Å². The minimum Gasteiger partial charge on any atom is -0.384 e. The third-order valence-electron chi connectivity index (χ3n) is 2.59. The number of thiophene rings is 1. The highest BCUT2D eigenvalue weighted by Gasteiger charge is 2.16. The summed E-state index contributed by atoms with van der Waals surface area (Å²) in [5.74, 6) is 5.34. The first-order chi connectivity index (χ1) is 10.0. The van der Waals surface area contributed by atoms with Crippen LogP contribution >= 0.6 is 22.9 Å². The lowest BCUT2D eigenvalue weighted by atomic mass is 10.1. The zero-order valence-electron chi connectivity index (χ0n) is 10.8. The minimum atomic E-state index is -3.59. The van der Waals surface area contributed by atoms with Gasteiger partial charge in [-0.1, -0.05) is 41.6 Å². The summed E-state index contributed by atoms with van der Waals surface area (Å²) >= 11 is 6.75. The predicted octanol–water partition coefficient (Wildman–Crippen LogP) is 2.22. The minimum absolute atomic E-state index is 0.119. The van der Waals surface area contributed by atoms with Crippen molar-refractivity contribution in [3.63, 3.8) is 0 Å². The zero-order valence-corrected chi connectivity index (χ0v) is 13.2. The van der Waals surface area contributed by atoms with Gasteiger partial charge in [-0.15, -0.1) is 11.3 Å². The van der Waals surface area contributed by atoms with Crippen LogP contribution in [0.1, 0.15) is 11.1 Å². The van der Waals surface area contributed by atoms with Gasteiger partial charge in [-0.05, 0) is 23.8 Å². The van der Waals surface area contributed by atoms with Crippen molar-refractivity contribution in [1.82, 2.24) is 4.72 Å². The third kappa shape index (κ3) is 4.30. The molecule has 0 radical (unpaired) electrons. The number of hydrogen-bond acceptors (Lipinski definition) is 4. The molecule has 0 fully saturated rings. The SMILES string of the molecule is O=S(=O)(NCc1ccccc1C#CCO)c1ccc(Cl)s1. The summed E-state index contributed by atoms with van der Waals surface area (Å²) in [7, 11) is -3.59. The molecule has 0 spiro atoms. The largest absolute Gasteiger partial charge is 0.384 e. The monoisotopic (exact) mass is 341 g/mol. The van der Waals surface area contributed by atoms with Gasteiger partial charge in [0, 0.05) is 12.1 Å². The molecule has 0 bridgehead atoms. The molecule has 2 rings (SSSR count). The van der Waals surface area contributed by atoms with Gasteiger partial charge in [-0.25, -0.2) is 13.1 Å². The van der Waals surface area contributed by atoms with Crippen LogP contribution in [0.2, 0.25) is 4.34 Å². The van der Waals surface area contributed by atoms with E-state index in [0.717, 1.165) is 16.9 Å². The molecule has 0 unspecified atom stereocenters. The van der Waals surface area contributed by atoms with Crippen molar-refractivity contribution in [3.05, 3.63) is 51.9 Å².